The van der Waals surface area contributed by atoms with E-state index in [0.717, 1.165) is 38.6 Å². The summed E-state index contributed by atoms with van der Waals surface area (Å²) in [5.41, 5.74) is 22.3. The van der Waals surface area contributed by atoms with Crippen LogP contribution < -0.4 is 38.9 Å². The van der Waals surface area contributed by atoms with Crippen molar-refractivity contribution >= 4 is 46.9 Å². The fourth-order valence-corrected chi connectivity index (χ4v) is 6.06. The number of benzene rings is 1. The molecule has 1 saturated heterocycles. The molecule has 232 valence electrons. The molecule has 2 aliphatic rings. The Morgan fingerprint density at radius 3 is 2.38 bits per heavy atom. The summed E-state index contributed by atoms with van der Waals surface area (Å²) in [6.07, 6.45) is 8.74. The molecule has 14 heteroatoms. The van der Waals surface area contributed by atoms with Gasteiger partial charge in [0.2, 0.25) is 5.91 Å². The summed E-state index contributed by atoms with van der Waals surface area (Å²) in [6, 6.07) is 5.81. The first kappa shape index (κ1) is 32.9. The van der Waals surface area contributed by atoms with E-state index in [4.69, 9.17) is 34.5 Å². The third-order valence-electron chi connectivity index (χ3n) is 7.94. The normalized spacial score (nSPS) is 18.8. The number of hydrogen-bond donors (Lipinski definition) is 7. The Labute approximate surface area is 252 Å². The SMILES string of the molecule is NC(N)=NCCCC[C@H](N=C(N)N)C(=O)NCCN1CCC(NC(=O)C(=O)Nc2ccc(Cl)cc2)CC12CCCCC2. The van der Waals surface area contributed by atoms with Gasteiger partial charge in [0.05, 0.1) is 0 Å². The lowest BCUT2D eigenvalue weighted by Gasteiger charge is -2.52. The van der Waals surface area contributed by atoms with Crippen molar-refractivity contribution in [3.05, 3.63) is 29.3 Å². The summed E-state index contributed by atoms with van der Waals surface area (Å²) in [5.74, 6) is -1.67. The largest absolute Gasteiger partial charge is 0.370 e. The van der Waals surface area contributed by atoms with Gasteiger partial charge in [-0.3, -0.25) is 24.3 Å². The average Bonchev–Trinajstić information content (AvgIpc) is 2.94. The van der Waals surface area contributed by atoms with E-state index in [9.17, 15) is 14.4 Å². The Balaban J connectivity index is 1.52. The summed E-state index contributed by atoms with van der Waals surface area (Å²) in [6.45, 7) is 2.35. The van der Waals surface area contributed by atoms with Gasteiger partial charge in [-0.05, 0) is 69.2 Å². The molecule has 0 radical (unpaired) electrons. The zero-order valence-corrected chi connectivity index (χ0v) is 24.9. The van der Waals surface area contributed by atoms with Gasteiger partial charge in [0.15, 0.2) is 11.9 Å². The summed E-state index contributed by atoms with van der Waals surface area (Å²) >= 11 is 5.90. The highest BCUT2D eigenvalue weighted by Gasteiger charge is 2.43. The van der Waals surface area contributed by atoms with Crippen LogP contribution in [0.15, 0.2) is 34.3 Å². The second kappa shape index (κ2) is 16.2. The van der Waals surface area contributed by atoms with E-state index in [0.29, 0.717) is 56.0 Å². The number of piperidine rings is 1. The molecule has 1 aromatic carbocycles. The van der Waals surface area contributed by atoms with Crippen molar-refractivity contribution < 1.29 is 14.4 Å². The average molecular weight is 605 g/mol. The predicted molar refractivity (Wildman–Crippen MR) is 166 cm³/mol. The molecule has 1 aromatic rings. The van der Waals surface area contributed by atoms with E-state index in [1.807, 2.05) is 0 Å². The van der Waals surface area contributed by atoms with Crippen LogP contribution in [0.3, 0.4) is 0 Å². The molecule has 3 amide bonds. The van der Waals surface area contributed by atoms with Gasteiger partial charge >= 0.3 is 11.8 Å². The third-order valence-corrected chi connectivity index (χ3v) is 8.19. The van der Waals surface area contributed by atoms with Gasteiger partial charge in [-0.1, -0.05) is 30.9 Å². The minimum absolute atomic E-state index is 0.0373. The molecule has 1 unspecified atom stereocenters. The maximum absolute atomic E-state index is 12.9. The summed E-state index contributed by atoms with van der Waals surface area (Å²) < 4.78 is 0. The number of rotatable bonds is 12. The van der Waals surface area contributed by atoms with Gasteiger partial charge in [-0.2, -0.15) is 0 Å². The zero-order valence-electron chi connectivity index (χ0n) is 24.1. The number of amides is 3. The number of aliphatic imine (C=N–C) groups is 2. The van der Waals surface area contributed by atoms with Crippen molar-refractivity contribution in [3.63, 3.8) is 0 Å². The molecule has 0 aromatic heterocycles. The van der Waals surface area contributed by atoms with E-state index < -0.39 is 17.9 Å². The molecular formula is C28H45ClN10O3. The molecule has 3 rings (SSSR count). The lowest BCUT2D eigenvalue weighted by atomic mass is 9.73. The molecule has 0 bridgehead atoms. The van der Waals surface area contributed by atoms with E-state index in [2.05, 4.69) is 30.8 Å². The quantitative estimate of drug-likeness (QED) is 0.0779. The van der Waals surface area contributed by atoms with Gasteiger partial charge in [-0.25, -0.2) is 4.99 Å². The monoisotopic (exact) mass is 604 g/mol. The highest BCUT2D eigenvalue weighted by Crippen LogP contribution is 2.40. The minimum Gasteiger partial charge on any atom is -0.370 e. The molecule has 1 aliphatic carbocycles. The number of nitrogens with one attached hydrogen (secondary N) is 3. The summed E-state index contributed by atoms with van der Waals surface area (Å²) in [7, 11) is 0. The Morgan fingerprint density at radius 2 is 1.71 bits per heavy atom. The lowest BCUT2D eigenvalue weighted by molar-refractivity contribution is -0.137. The van der Waals surface area contributed by atoms with Gasteiger partial charge in [0.1, 0.15) is 6.04 Å². The first-order valence-corrected chi connectivity index (χ1v) is 15.0. The van der Waals surface area contributed by atoms with Crippen LogP contribution in [0.4, 0.5) is 5.69 Å². The molecule has 2 atom stereocenters. The van der Waals surface area contributed by atoms with Gasteiger partial charge < -0.3 is 38.9 Å². The summed E-state index contributed by atoms with van der Waals surface area (Å²) in [5, 5.41) is 9.12. The lowest BCUT2D eigenvalue weighted by Crippen LogP contribution is -2.60. The first-order chi connectivity index (χ1) is 20.1. The number of guanidine groups is 2. The molecular weight excluding hydrogens is 560 g/mol. The van der Waals surface area contributed by atoms with Crippen LogP contribution in [-0.4, -0.2) is 78.3 Å². The van der Waals surface area contributed by atoms with E-state index in [1.165, 1.54) is 6.42 Å². The van der Waals surface area contributed by atoms with Crippen molar-refractivity contribution in [2.45, 2.75) is 81.8 Å². The zero-order chi connectivity index (χ0) is 30.5. The van der Waals surface area contributed by atoms with E-state index in [-0.39, 0.29) is 29.4 Å². The van der Waals surface area contributed by atoms with E-state index in [1.54, 1.807) is 24.3 Å². The predicted octanol–water partition coefficient (Wildman–Crippen LogP) is 0.764. The van der Waals surface area contributed by atoms with Crippen molar-refractivity contribution in [2.24, 2.45) is 32.9 Å². The number of likely N-dealkylation sites (tertiary alicyclic amines) is 1. The second-order valence-electron chi connectivity index (χ2n) is 11.1. The van der Waals surface area contributed by atoms with Crippen LogP contribution in [0.2, 0.25) is 5.02 Å². The molecule has 1 saturated carbocycles. The number of hydrogen-bond acceptors (Lipinski definition) is 6. The van der Waals surface area contributed by atoms with Crippen molar-refractivity contribution in [1.82, 2.24) is 15.5 Å². The Bertz CT molecular complexity index is 1110. The number of anilines is 1. The molecule has 2 fully saturated rings. The number of halogens is 1. The highest BCUT2D eigenvalue weighted by molar-refractivity contribution is 6.39. The number of nitrogens with two attached hydrogens (primary N) is 4. The number of nitrogens with zero attached hydrogens (tertiary/aromatic N) is 3. The standard InChI is InChI=1S/C28H45ClN10O3/c29-19-7-9-20(10-8-19)36-24(41)25(42)37-21-11-16-39(28(18-21)12-3-1-4-13-28)17-15-34-23(40)22(38-27(32)33)6-2-5-14-35-26(30)31/h7-10,21-22H,1-6,11-18H2,(H,34,40)(H,36,41)(H,37,42)(H4,30,31,35)(H4,32,33,38)/t21?,22-/m0/s1. The fraction of sp³-hybridized carbons (Fsp3) is 0.607. The Morgan fingerprint density at radius 1 is 1.00 bits per heavy atom. The van der Waals surface area contributed by atoms with Crippen LogP contribution in [0.5, 0.6) is 0 Å². The minimum atomic E-state index is -0.702. The fourth-order valence-electron chi connectivity index (χ4n) is 5.94. The van der Waals surface area contributed by atoms with Crippen LogP contribution in [0.25, 0.3) is 0 Å². The number of unbranched alkanes of at least 4 members (excludes halogenated alkanes) is 1. The van der Waals surface area contributed by atoms with Crippen LogP contribution in [0, 0.1) is 0 Å². The third kappa shape index (κ3) is 10.4. The van der Waals surface area contributed by atoms with Gasteiger partial charge in [0.25, 0.3) is 0 Å². The van der Waals surface area contributed by atoms with Crippen molar-refractivity contribution in [3.8, 4) is 0 Å². The van der Waals surface area contributed by atoms with Crippen molar-refractivity contribution in [1.29, 1.82) is 0 Å². The molecule has 1 heterocycles. The van der Waals surface area contributed by atoms with E-state index >= 15 is 0 Å². The molecule has 13 nitrogen and oxygen atoms in total. The topological polar surface area (TPSA) is 219 Å². The maximum Gasteiger partial charge on any atom is 0.313 e. The van der Waals surface area contributed by atoms with Crippen molar-refractivity contribution in [2.75, 3.05) is 31.5 Å². The number of carbonyl (C=O) groups excluding carboxylic acids is 3. The molecule has 42 heavy (non-hydrogen) atoms. The molecule has 11 N–H and O–H groups in total. The second-order valence-corrected chi connectivity index (χ2v) is 11.5. The van der Waals surface area contributed by atoms with Gasteiger partial charge in [0, 0.05) is 48.5 Å². The smallest absolute Gasteiger partial charge is 0.313 e. The van der Waals surface area contributed by atoms with Gasteiger partial charge in [-0.15, -0.1) is 0 Å². The van der Waals surface area contributed by atoms with Crippen LogP contribution in [-0.2, 0) is 14.4 Å². The molecule has 1 aliphatic heterocycles. The maximum atomic E-state index is 12.9. The molecule has 1 spiro atoms. The number of carbonyl (C=O) groups is 3. The summed E-state index contributed by atoms with van der Waals surface area (Å²) in [4.78, 5) is 48.7. The van der Waals surface area contributed by atoms with Crippen LogP contribution >= 0.6 is 11.6 Å². The first-order valence-electron chi connectivity index (χ1n) is 14.6. The Hall–Kier alpha value is -3.58. The van der Waals surface area contributed by atoms with Crippen LogP contribution in [0.1, 0.15) is 64.2 Å². The Kier molecular flexibility index (Phi) is 12.7. The highest BCUT2D eigenvalue weighted by atomic mass is 35.5.